The van der Waals surface area contributed by atoms with Crippen LogP contribution in [-0.4, -0.2) is 54.5 Å². The van der Waals surface area contributed by atoms with Gasteiger partial charge in [-0.3, -0.25) is 4.79 Å². The standard InChI is InChI=1S/C15H19NO5/c1-2-16(8-7-13-20-9-10-21-13)14(17)11-3-5-12(6-4-11)15(18)19/h3-6,13H,2,7-10H2,1H3,(H,18,19). The fraction of sp³-hybridized carbons (Fsp3) is 0.467. The third kappa shape index (κ3) is 4.03. The molecule has 6 nitrogen and oxygen atoms in total. The van der Waals surface area contributed by atoms with Gasteiger partial charge in [0.1, 0.15) is 0 Å². The van der Waals surface area contributed by atoms with Crippen LogP contribution in [0.4, 0.5) is 0 Å². The minimum atomic E-state index is -1.00. The van der Waals surface area contributed by atoms with Crippen molar-refractivity contribution in [3.05, 3.63) is 35.4 Å². The second-order valence-corrected chi connectivity index (χ2v) is 4.73. The Hall–Kier alpha value is -1.92. The molecule has 21 heavy (non-hydrogen) atoms. The number of carbonyl (C=O) groups excluding carboxylic acids is 1. The van der Waals surface area contributed by atoms with E-state index in [2.05, 4.69) is 0 Å². The van der Waals surface area contributed by atoms with Gasteiger partial charge < -0.3 is 19.5 Å². The van der Waals surface area contributed by atoms with E-state index in [9.17, 15) is 9.59 Å². The Kier molecular flexibility index (Phi) is 5.30. The zero-order valence-electron chi connectivity index (χ0n) is 11.9. The van der Waals surface area contributed by atoms with E-state index in [0.717, 1.165) is 0 Å². The van der Waals surface area contributed by atoms with Crippen LogP contribution in [0.1, 0.15) is 34.1 Å². The van der Waals surface area contributed by atoms with Gasteiger partial charge in [-0.15, -0.1) is 0 Å². The topological polar surface area (TPSA) is 76.1 Å². The normalized spacial score (nSPS) is 15.1. The van der Waals surface area contributed by atoms with Crippen LogP contribution in [0, 0.1) is 0 Å². The molecule has 1 aliphatic heterocycles. The summed E-state index contributed by atoms with van der Waals surface area (Å²) < 4.78 is 10.7. The summed E-state index contributed by atoms with van der Waals surface area (Å²) in [5.41, 5.74) is 0.650. The van der Waals surface area contributed by atoms with Crippen molar-refractivity contribution >= 4 is 11.9 Å². The highest BCUT2D eigenvalue weighted by Gasteiger charge is 2.20. The molecule has 1 aromatic rings. The number of hydrogen-bond donors (Lipinski definition) is 1. The molecule has 0 bridgehead atoms. The van der Waals surface area contributed by atoms with Crippen molar-refractivity contribution in [1.29, 1.82) is 0 Å². The molecular weight excluding hydrogens is 274 g/mol. The molecule has 0 aliphatic carbocycles. The fourth-order valence-electron chi connectivity index (χ4n) is 2.18. The lowest BCUT2D eigenvalue weighted by Crippen LogP contribution is -2.33. The Labute approximate surface area is 123 Å². The quantitative estimate of drug-likeness (QED) is 0.862. The van der Waals surface area contributed by atoms with Crippen molar-refractivity contribution in [2.75, 3.05) is 26.3 Å². The number of amides is 1. The second kappa shape index (κ2) is 7.19. The summed E-state index contributed by atoms with van der Waals surface area (Å²) in [4.78, 5) is 24.9. The highest BCUT2D eigenvalue weighted by atomic mass is 16.7. The number of benzene rings is 1. The van der Waals surface area contributed by atoms with E-state index in [4.69, 9.17) is 14.6 Å². The summed E-state index contributed by atoms with van der Waals surface area (Å²) >= 11 is 0. The molecule has 1 N–H and O–H groups in total. The van der Waals surface area contributed by atoms with E-state index in [1.807, 2.05) is 6.92 Å². The number of carboxylic acids is 1. The molecule has 0 saturated carbocycles. The van der Waals surface area contributed by atoms with E-state index in [-0.39, 0.29) is 17.8 Å². The van der Waals surface area contributed by atoms with E-state index in [1.165, 1.54) is 24.3 Å². The van der Waals surface area contributed by atoms with Crippen LogP contribution in [0.5, 0.6) is 0 Å². The van der Waals surface area contributed by atoms with Gasteiger partial charge in [0, 0.05) is 25.1 Å². The van der Waals surface area contributed by atoms with Crippen LogP contribution in [0.2, 0.25) is 0 Å². The van der Waals surface area contributed by atoms with Crippen molar-refractivity contribution in [2.45, 2.75) is 19.6 Å². The van der Waals surface area contributed by atoms with Crippen LogP contribution in [0.25, 0.3) is 0 Å². The molecule has 1 saturated heterocycles. The number of carbonyl (C=O) groups is 2. The molecule has 0 radical (unpaired) electrons. The van der Waals surface area contributed by atoms with Crippen LogP contribution < -0.4 is 0 Å². The van der Waals surface area contributed by atoms with E-state index < -0.39 is 5.97 Å². The van der Waals surface area contributed by atoms with Crippen LogP contribution in [0.3, 0.4) is 0 Å². The van der Waals surface area contributed by atoms with Crippen LogP contribution in [0.15, 0.2) is 24.3 Å². The minimum absolute atomic E-state index is 0.118. The molecule has 114 valence electrons. The summed E-state index contributed by atoms with van der Waals surface area (Å²) in [5.74, 6) is -1.12. The predicted octanol–water partition coefficient (Wildman–Crippen LogP) is 1.61. The van der Waals surface area contributed by atoms with Crippen molar-refractivity contribution in [3.63, 3.8) is 0 Å². The molecule has 1 aliphatic rings. The Morgan fingerprint density at radius 3 is 2.29 bits per heavy atom. The van der Waals surface area contributed by atoms with E-state index in [0.29, 0.717) is 38.3 Å². The number of carboxylic acid groups (broad SMARTS) is 1. The molecule has 0 atom stereocenters. The van der Waals surface area contributed by atoms with Gasteiger partial charge in [0.25, 0.3) is 5.91 Å². The summed E-state index contributed by atoms with van der Waals surface area (Å²) in [7, 11) is 0. The smallest absolute Gasteiger partial charge is 0.335 e. The van der Waals surface area contributed by atoms with Crippen molar-refractivity contribution in [3.8, 4) is 0 Å². The second-order valence-electron chi connectivity index (χ2n) is 4.73. The van der Waals surface area contributed by atoms with Gasteiger partial charge >= 0.3 is 5.97 Å². The molecule has 6 heteroatoms. The highest BCUT2D eigenvalue weighted by Crippen LogP contribution is 2.12. The summed E-state index contributed by atoms with van der Waals surface area (Å²) in [6, 6.07) is 5.95. The third-order valence-corrected chi connectivity index (χ3v) is 3.37. The lowest BCUT2D eigenvalue weighted by atomic mass is 10.1. The fourth-order valence-corrected chi connectivity index (χ4v) is 2.18. The zero-order chi connectivity index (χ0) is 15.2. The van der Waals surface area contributed by atoms with Crippen molar-refractivity contribution in [2.24, 2.45) is 0 Å². The monoisotopic (exact) mass is 293 g/mol. The van der Waals surface area contributed by atoms with Gasteiger partial charge in [0.05, 0.1) is 18.8 Å². The van der Waals surface area contributed by atoms with Gasteiger partial charge in [0.2, 0.25) is 0 Å². The molecule has 2 rings (SSSR count). The zero-order valence-corrected chi connectivity index (χ0v) is 11.9. The van der Waals surface area contributed by atoms with Gasteiger partial charge in [-0.25, -0.2) is 4.79 Å². The average Bonchev–Trinajstić information content (AvgIpc) is 3.01. The first-order valence-electron chi connectivity index (χ1n) is 6.97. The molecular formula is C15H19NO5. The molecule has 1 aromatic carbocycles. The Morgan fingerprint density at radius 1 is 1.19 bits per heavy atom. The minimum Gasteiger partial charge on any atom is -0.478 e. The van der Waals surface area contributed by atoms with Gasteiger partial charge in [-0.1, -0.05) is 0 Å². The molecule has 0 spiro atoms. The maximum Gasteiger partial charge on any atom is 0.335 e. The third-order valence-electron chi connectivity index (χ3n) is 3.37. The summed E-state index contributed by atoms with van der Waals surface area (Å²) in [6.45, 7) is 4.22. The maximum atomic E-state index is 12.4. The van der Waals surface area contributed by atoms with Gasteiger partial charge in [0.15, 0.2) is 6.29 Å². The predicted molar refractivity (Wildman–Crippen MR) is 75.3 cm³/mol. The van der Waals surface area contributed by atoms with Crippen molar-refractivity contribution in [1.82, 2.24) is 4.90 Å². The van der Waals surface area contributed by atoms with E-state index in [1.54, 1.807) is 4.90 Å². The summed E-state index contributed by atoms with van der Waals surface area (Å²) in [5, 5.41) is 8.85. The number of hydrogen-bond acceptors (Lipinski definition) is 4. The first-order valence-corrected chi connectivity index (χ1v) is 6.97. The molecule has 1 heterocycles. The first kappa shape index (κ1) is 15.5. The Balaban J connectivity index is 1.96. The summed E-state index contributed by atoms with van der Waals surface area (Å²) in [6.07, 6.45) is 0.397. The lowest BCUT2D eigenvalue weighted by Gasteiger charge is -2.22. The average molecular weight is 293 g/mol. The lowest BCUT2D eigenvalue weighted by molar-refractivity contribution is -0.0500. The number of aromatic carboxylic acids is 1. The molecule has 0 aromatic heterocycles. The molecule has 1 fully saturated rings. The number of ether oxygens (including phenoxy) is 2. The highest BCUT2D eigenvalue weighted by molar-refractivity contribution is 5.95. The number of rotatable bonds is 6. The molecule has 1 amide bonds. The van der Waals surface area contributed by atoms with Crippen LogP contribution >= 0.6 is 0 Å². The van der Waals surface area contributed by atoms with Crippen molar-refractivity contribution < 1.29 is 24.2 Å². The van der Waals surface area contributed by atoms with Gasteiger partial charge in [-0.2, -0.15) is 0 Å². The SMILES string of the molecule is CCN(CCC1OCCO1)C(=O)c1ccc(C(=O)O)cc1. The molecule has 0 unspecified atom stereocenters. The van der Waals surface area contributed by atoms with Gasteiger partial charge in [-0.05, 0) is 31.2 Å². The Morgan fingerprint density at radius 2 is 1.76 bits per heavy atom. The van der Waals surface area contributed by atoms with Crippen LogP contribution in [-0.2, 0) is 9.47 Å². The first-order chi connectivity index (χ1) is 10.1. The largest absolute Gasteiger partial charge is 0.478 e. The maximum absolute atomic E-state index is 12.4. The Bertz CT molecular complexity index is 493. The van der Waals surface area contributed by atoms with E-state index >= 15 is 0 Å². The number of nitrogens with zero attached hydrogens (tertiary/aromatic N) is 1.